The van der Waals surface area contributed by atoms with Crippen LogP contribution in [-0.2, 0) is 25.5 Å². The number of ether oxygens (including phenoxy) is 2. The van der Waals surface area contributed by atoms with E-state index >= 15 is 0 Å². The zero-order valence-corrected chi connectivity index (χ0v) is 24.3. The summed E-state index contributed by atoms with van der Waals surface area (Å²) in [5.74, 6) is 0.422. The highest BCUT2D eigenvalue weighted by atomic mass is 16.5. The number of urea groups is 1. The maximum absolute atomic E-state index is 13.0. The van der Waals surface area contributed by atoms with E-state index in [9.17, 15) is 19.2 Å². The number of hydrogen-bond acceptors (Lipinski definition) is 8. The van der Waals surface area contributed by atoms with Crippen molar-refractivity contribution < 1.29 is 28.7 Å². The van der Waals surface area contributed by atoms with Gasteiger partial charge in [0.15, 0.2) is 0 Å². The van der Waals surface area contributed by atoms with Gasteiger partial charge in [-0.25, -0.2) is 4.79 Å². The van der Waals surface area contributed by atoms with Gasteiger partial charge in [0.2, 0.25) is 11.8 Å². The second kappa shape index (κ2) is 16.9. The van der Waals surface area contributed by atoms with Crippen molar-refractivity contribution in [2.45, 2.75) is 69.1 Å². The second-order valence-electron chi connectivity index (χ2n) is 10.8. The normalized spacial score (nSPS) is 21.3. The maximum Gasteiger partial charge on any atom is 0.317 e. The summed E-state index contributed by atoms with van der Waals surface area (Å²) < 4.78 is 10.8. The third kappa shape index (κ3) is 10.3. The Labute approximate surface area is 242 Å². The fourth-order valence-corrected chi connectivity index (χ4v) is 5.47. The van der Waals surface area contributed by atoms with Gasteiger partial charge in [0, 0.05) is 38.4 Å². The number of aryl methyl sites for hydroxylation is 1. The third-order valence-electron chi connectivity index (χ3n) is 7.82. The highest BCUT2D eigenvalue weighted by Crippen LogP contribution is 2.25. The summed E-state index contributed by atoms with van der Waals surface area (Å²) in [5.41, 5.74) is 6.82. The first-order valence-corrected chi connectivity index (χ1v) is 14.6. The van der Waals surface area contributed by atoms with Crippen LogP contribution < -0.4 is 26.4 Å². The molecule has 0 bridgehead atoms. The molecular weight excluding hydrogens is 528 g/mol. The smallest absolute Gasteiger partial charge is 0.317 e. The van der Waals surface area contributed by atoms with Gasteiger partial charge in [0.05, 0.1) is 19.2 Å². The molecule has 0 aliphatic carbocycles. The standard InChI is InChI=1S/C20H36N6O5.C9H10O/c1-22-11-18(28)23-15(13-27)12-26(20(30)24-14-6-9-31-10-7-14)8-5-16-3-4-17(19(21)29)25(16)2;1-2-6-9-8(4-1)5-3-7-10-9/h13-17,22H,3-12H2,1-2H3,(H2,21,29)(H,23,28)(H,24,30);1-2,4,6H,3,5,7H2. The summed E-state index contributed by atoms with van der Waals surface area (Å²) >= 11 is 0. The van der Waals surface area contributed by atoms with Crippen LogP contribution in [0.1, 0.15) is 44.1 Å². The van der Waals surface area contributed by atoms with Crippen molar-refractivity contribution in [1.82, 2.24) is 25.8 Å². The zero-order chi connectivity index (χ0) is 29.6. The molecule has 3 aliphatic heterocycles. The van der Waals surface area contributed by atoms with Crippen molar-refractivity contribution in [1.29, 1.82) is 0 Å². The minimum Gasteiger partial charge on any atom is -0.493 e. The fraction of sp³-hybridized carbons (Fsp3) is 0.655. The van der Waals surface area contributed by atoms with Crippen LogP contribution in [0.15, 0.2) is 24.3 Å². The van der Waals surface area contributed by atoms with Crippen LogP contribution in [0.2, 0.25) is 0 Å². The minimum absolute atomic E-state index is 0.0192. The monoisotopic (exact) mass is 574 g/mol. The molecule has 228 valence electrons. The largest absolute Gasteiger partial charge is 0.493 e. The van der Waals surface area contributed by atoms with E-state index < -0.39 is 6.04 Å². The van der Waals surface area contributed by atoms with Gasteiger partial charge in [-0.2, -0.15) is 0 Å². The zero-order valence-electron chi connectivity index (χ0n) is 24.3. The first-order chi connectivity index (χ1) is 19.8. The van der Waals surface area contributed by atoms with Gasteiger partial charge >= 0.3 is 6.03 Å². The molecule has 3 heterocycles. The molecular formula is C29H46N6O6. The molecule has 2 fully saturated rings. The minimum atomic E-state index is -0.805. The molecule has 0 aromatic heterocycles. The molecule has 12 nitrogen and oxygen atoms in total. The van der Waals surface area contributed by atoms with E-state index in [0.717, 1.165) is 38.0 Å². The van der Waals surface area contributed by atoms with Crippen molar-refractivity contribution in [3.8, 4) is 5.75 Å². The Bertz CT molecular complexity index is 979. The quantitative estimate of drug-likeness (QED) is 0.277. The average molecular weight is 575 g/mol. The van der Waals surface area contributed by atoms with E-state index in [-0.39, 0.29) is 49.1 Å². The number of fused-ring (bicyclic) bond motifs is 1. The molecule has 41 heavy (non-hydrogen) atoms. The van der Waals surface area contributed by atoms with Gasteiger partial charge < -0.3 is 40.9 Å². The number of aldehydes is 1. The number of nitrogens with two attached hydrogens (primary N) is 1. The van der Waals surface area contributed by atoms with Crippen LogP contribution in [-0.4, -0.2) is 112 Å². The number of benzene rings is 1. The van der Waals surface area contributed by atoms with Crippen LogP contribution >= 0.6 is 0 Å². The number of para-hydroxylation sites is 1. The Morgan fingerprint density at radius 3 is 2.56 bits per heavy atom. The van der Waals surface area contributed by atoms with Crippen molar-refractivity contribution in [2.24, 2.45) is 5.73 Å². The SMILES string of the molecule is CNCC(=O)NC(C=O)CN(CCC1CCC(C(N)=O)N1C)C(=O)NC1CCOCC1.c1ccc2c(c1)CCCO2. The lowest BCUT2D eigenvalue weighted by atomic mass is 10.1. The molecule has 0 radical (unpaired) electrons. The number of carbonyl (C=O) groups is 4. The van der Waals surface area contributed by atoms with E-state index in [1.54, 1.807) is 11.9 Å². The highest BCUT2D eigenvalue weighted by Gasteiger charge is 2.34. The summed E-state index contributed by atoms with van der Waals surface area (Å²) in [7, 11) is 3.51. The number of likely N-dealkylation sites (N-methyl/N-ethyl adjacent to an activating group) is 2. The Morgan fingerprint density at radius 1 is 1.15 bits per heavy atom. The third-order valence-corrected chi connectivity index (χ3v) is 7.82. The molecule has 2 saturated heterocycles. The van der Waals surface area contributed by atoms with E-state index in [2.05, 4.69) is 28.1 Å². The van der Waals surface area contributed by atoms with Crippen LogP contribution in [0.25, 0.3) is 0 Å². The van der Waals surface area contributed by atoms with Gasteiger partial charge in [-0.1, -0.05) is 18.2 Å². The van der Waals surface area contributed by atoms with Gasteiger partial charge in [-0.05, 0) is 70.7 Å². The lowest BCUT2D eigenvalue weighted by molar-refractivity contribution is -0.123. The molecule has 5 N–H and O–H groups in total. The molecule has 0 spiro atoms. The van der Waals surface area contributed by atoms with Crippen LogP contribution in [0, 0.1) is 0 Å². The lowest BCUT2D eigenvalue weighted by Crippen LogP contribution is -2.53. The molecule has 12 heteroatoms. The molecule has 3 unspecified atom stereocenters. The first kappa shape index (κ1) is 32.3. The highest BCUT2D eigenvalue weighted by molar-refractivity contribution is 5.82. The Kier molecular flexibility index (Phi) is 13.3. The van der Waals surface area contributed by atoms with E-state index in [1.807, 2.05) is 24.1 Å². The molecule has 4 rings (SSSR count). The van der Waals surface area contributed by atoms with Gasteiger partial charge in [0.1, 0.15) is 18.1 Å². The average Bonchev–Trinajstić information content (AvgIpc) is 3.35. The summed E-state index contributed by atoms with van der Waals surface area (Å²) in [4.78, 5) is 51.5. The number of nitrogens with one attached hydrogen (secondary N) is 3. The number of nitrogens with zero attached hydrogens (tertiary/aromatic N) is 2. The van der Waals surface area contributed by atoms with E-state index in [1.165, 1.54) is 12.0 Å². The maximum atomic E-state index is 13.0. The Morgan fingerprint density at radius 2 is 1.90 bits per heavy atom. The topological polar surface area (TPSA) is 155 Å². The predicted octanol–water partition coefficient (Wildman–Crippen LogP) is 0.430. The number of rotatable bonds is 11. The van der Waals surface area contributed by atoms with Crippen LogP contribution in [0.4, 0.5) is 4.79 Å². The predicted molar refractivity (Wildman–Crippen MR) is 155 cm³/mol. The Balaban J connectivity index is 0.000000382. The first-order valence-electron chi connectivity index (χ1n) is 14.6. The fourth-order valence-electron chi connectivity index (χ4n) is 5.47. The molecule has 1 aromatic rings. The van der Waals surface area contributed by atoms with Crippen molar-refractivity contribution in [3.63, 3.8) is 0 Å². The van der Waals surface area contributed by atoms with Gasteiger partial charge in [-0.3, -0.25) is 14.5 Å². The van der Waals surface area contributed by atoms with Crippen LogP contribution in [0.5, 0.6) is 5.75 Å². The van der Waals surface area contributed by atoms with Crippen LogP contribution in [0.3, 0.4) is 0 Å². The number of primary amides is 1. The van der Waals surface area contributed by atoms with Crippen molar-refractivity contribution in [2.75, 3.05) is 53.6 Å². The van der Waals surface area contributed by atoms with Crippen molar-refractivity contribution >= 4 is 24.1 Å². The van der Waals surface area contributed by atoms with Gasteiger partial charge in [-0.15, -0.1) is 0 Å². The molecule has 1 aromatic carbocycles. The summed E-state index contributed by atoms with van der Waals surface area (Å²) in [6.45, 7) is 2.63. The summed E-state index contributed by atoms with van der Waals surface area (Å²) in [6.07, 6.45) is 6.61. The lowest BCUT2D eigenvalue weighted by Gasteiger charge is -2.31. The summed E-state index contributed by atoms with van der Waals surface area (Å²) in [6, 6.07) is 7.02. The molecule has 4 amide bonds. The van der Waals surface area contributed by atoms with Gasteiger partial charge in [0.25, 0.3) is 0 Å². The van der Waals surface area contributed by atoms with E-state index in [0.29, 0.717) is 38.9 Å². The molecule has 0 saturated carbocycles. The number of amides is 4. The Hall–Kier alpha value is -3.22. The van der Waals surface area contributed by atoms with E-state index in [4.69, 9.17) is 15.2 Å². The second-order valence-corrected chi connectivity index (χ2v) is 10.8. The molecule has 3 aliphatic rings. The number of carbonyl (C=O) groups excluding carboxylic acids is 4. The summed E-state index contributed by atoms with van der Waals surface area (Å²) in [5, 5.41) is 8.38. The number of hydrogen-bond donors (Lipinski definition) is 4. The molecule has 3 atom stereocenters. The number of likely N-dealkylation sites (tertiary alicyclic amines) is 1. The van der Waals surface area contributed by atoms with Crippen molar-refractivity contribution in [3.05, 3.63) is 29.8 Å².